The van der Waals surface area contributed by atoms with Crippen LogP contribution in [0.3, 0.4) is 0 Å². The summed E-state index contributed by atoms with van der Waals surface area (Å²) in [5.41, 5.74) is 1.26. The van der Waals surface area contributed by atoms with Gasteiger partial charge in [0.1, 0.15) is 0 Å². The van der Waals surface area contributed by atoms with Gasteiger partial charge in [0.05, 0.1) is 21.5 Å². The fourth-order valence-corrected chi connectivity index (χ4v) is 6.57. The molecule has 12 heteroatoms. The van der Waals surface area contributed by atoms with Crippen LogP contribution in [0.25, 0.3) is 22.7 Å². The van der Waals surface area contributed by atoms with Gasteiger partial charge < -0.3 is 5.32 Å². The summed E-state index contributed by atoms with van der Waals surface area (Å²) in [7, 11) is -4.28. The lowest BCUT2D eigenvalue weighted by Gasteiger charge is -2.19. The van der Waals surface area contributed by atoms with Crippen LogP contribution in [0.1, 0.15) is 27.3 Å². The molecule has 5 aromatic rings. The molecule has 0 radical (unpaired) electrons. The smallest absolute Gasteiger partial charge is 0.281 e. The lowest BCUT2D eigenvalue weighted by Crippen LogP contribution is -2.38. The number of carbonyl (C=O) groups excluding carboxylic acids is 1. The highest BCUT2D eigenvalue weighted by Gasteiger charge is 2.24. The van der Waals surface area contributed by atoms with E-state index in [-0.39, 0.29) is 27.3 Å². The van der Waals surface area contributed by atoms with E-state index >= 15 is 0 Å². The first kappa shape index (κ1) is 29.7. The van der Waals surface area contributed by atoms with Crippen LogP contribution in [0.2, 0.25) is 5.02 Å². The topological polar surface area (TPSA) is 110 Å². The van der Waals surface area contributed by atoms with Crippen LogP contribution in [0.15, 0.2) is 110 Å². The average Bonchev–Trinajstić information content (AvgIpc) is 2.96. The van der Waals surface area contributed by atoms with Crippen molar-refractivity contribution < 1.29 is 13.2 Å². The number of amides is 1. The fourth-order valence-electron chi connectivity index (χ4n) is 4.06. The number of hydrogen-bond acceptors (Lipinski definition) is 5. The number of hydrogen-bond donors (Lipinski definition) is 2. The average molecular weight is 729 g/mol. The molecule has 2 N–H and O–H groups in total. The Morgan fingerprint density at radius 2 is 1.62 bits per heavy atom. The normalized spacial score (nSPS) is 11.9. The van der Waals surface area contributed by atoms with Crippen molar-refractivity contribution in [3.05, 3.63) is 138 Å². The molecule has 1 amide bonds. The maximum absolute atomic E-state index is 14.0. The number of benzene rings is 4. The fraction of sp³-hybridized carbons (Fsp3) is 0.0333. The Labute approximate surface area is 263 Å². The van der Waals surface area contributed by atoms with E-state index in [0.29, 0.717) is 25.1 Å². The number of halogens is 3. The zero-order valence-electron chi connectivity index (χ0n) is 21.8. The molecule has 0 saturated heterocycles. The molecule has 1 heterocycles. The molecular weight excluding hydrogens is 708 g/mol. The van der Waals surface area contributed by atoms with Gasteiger partial charge in [0.25, 0.3) is 21.5 Å². The first-order valence-electron chi connectivity index (χ1n) is 12.4. The summed E-state index contributed by atoms with van der Waals surface area (Å²) < 4.78 is 28.9. The second-order valence-electron chi connectivity index (χ2n) is 9.17. The van der Waals surface area contributed by atoms with Gasteiger partial charge in [0.15, 0.2) is 5.82 Å². The number of aromatic nitrogens is 2. The minimum atomic E-state index is -4.28. The quantitative estimate of drug-likeness (QED) is 0.193. The molecule has 1 aromatic heterocycles. The Balaban J connectivity index is 1.78. The monoisotopic (exact) mass is 726 g/mol. The van der Waals surface area contributed by atoms with Crippen molar-refractivity contribution in [3.8, 4) is 0 Å². The SMILES string of the molecule is Cc1ccc(S(=O)(=O)Nn2c(/C(=C/c3ccccc3Cl)NC(=O)c3ccccc3)nc3c(Br)cc(Br)cc3c2=O)cc1. The number of sulfonamides is 1. The highest BCUT2D eigenvalue weighted by molar-refractivity contribution is 9.11. The summed E-state index contributed by atoms with van der Waals surface area (Å²) >= 11 is 13.3. The first-order chi connectivity index (χ1) is 20.0. The number of fused-ring (bicyclic) bond motifs is 1. The molecule has 0 unspecified atom stereocenters. The van der Waals surface area contributed by atoms with E-state index in [4.69, 9.17) is 11.6 Å². The summed E-state index contributed by atoms with van der Waals surface area (Å²) in [6.45, 7) is 1.83. The van der Waals surface area contributed by atoms with Crippen molar-refractivity contribution in [3.63, 3.8) is 0 Å². The summed E-state index contributed by atoms with van der Waals surface area (Å²) in [6.07, 6.45) is 1.53. The van der Waals surface area contributed by atoms with Crippen LogP contribution >= 0.6 is 43.5 Å². The minimum Gasteiger partial charge on any atom is -0.319 e. The summed E-state index contributed by atoms with van der Waals surface area (Å²) in [4.78, 5) is 34.3. The largest absolute Gasteiger partial charge is 0.319 e. The van der Waals surface area contributed by atoms with Gasteiger partial charge in [-0.2, -0.15) is 13.1 Å². The molecule has 8 nitrogen and oxygen atoms in total. The maximum Gasteiger partial charge on any atom is 0.281 e. The van der Waals surface area contributed by atoms with Crippen LogP contribution in [0.5, 0.6) is 0 Å². The van der Waals surface area contributed by atoms with Crippen molar-refractivity contribution in [2.24, 2.45) is 0 Å². The predicted octanol–water partition coefficient (Wildman–Crippen LogP) is 6.74. The van der Waals surface area contributed by atoms with Gasteiger partial charge in [0, 0.05) is 19.5 Å². The van der Waals surface area contributed by atoms with Crippen molar-refractivity contribution in [2.75, 3.05) is 4.83 Å². The molecule has 0 aliphatic rings. The Bertz CT molecular complexity index is 2030. The first-order valence-corrected chi connectivity index (χ1v) is 15.8. The Morgan fingerprint density at radius 3 is 2.31 bits per heavy atom. The van der Waals surface area contributed by atoms with E-state index in [2.05, 4.69) is 47.0 Å². The highest BCUT2D eigenvalue weighted by atomic mass is 79.9. The Morgan fingerprint density at radius 1 is 0.952 bits per heavy atom. The van der Waals surface area contributed by atoms with Crippen molar-refractivity contribution in [1.82, 2.24) is 15.0 Å². The third-order valence-corrected chi connectivity index (χ3v) is 8.89. The number of rotatable bonds is 7. The van der Waals surface area contributed by atoms with Crippen LogP contribution in [-0.4, -0.2) is 24.0 Å². The predicted molar refractivity (Wildman–Crippen MR) is 172 cm³/mol. The van der Waals surface area contributed by atoms with E-state index in [9.17, 15) is 18.0 Å². The summed E-state index contributed by atoms with van der Waals surface area (Å²) in [5.74, 6) is -0.679. The number of aryl methyl sites for hydroxylation is 1. The molecule has 212 valence electrons. The second-order valence-corrected chi connectivity index (χ2v) is 13.0. The molecule has 0 atom stereocenters. The van der Waals surface area contributed by atoms with E-state index < -0.39 is 21.5 Å². The van der Waals surface area contributed by atoms with E-state index in [1.807, 2.05) is 6.92 Å². The third kappa shape index (κ3) is 6.34. The molecule has 42 heavy (non-hydrogen) atoms. The zero-order chi connectivity index (χ0) is 30.0. The maximum atomic E-state index is 14.0. The Kier molecular flexibility index (Phi) is 8.65. The number of carbonyl (C=O) groups is 1. The number of nitrogens with one attached hydrogen (secondary N) is 2. The molecule has 0 aliphatic carbocycles. The van der Waals surface area contributed by atoms with Gasteiger partial charge in [-0.15, -0.1) is 0 Å². The molecule has 0 bridgehead atoms. The molecule has 0 fully saturated rings. The molecule has 4 aromatic carbocycles. The summed E-state index contributed by atoms with van der Waals surface area (Å²) in [6, 6.07) is 24.7. The molecular formula is C30H21Br2ClN4O4S. The molecule has 0 spiro atoms. The summed E-state index contributed by atoms with van der Waals surface area (Å²) in [5, 5.41) is 3.29. The molecule has 0 saturated carbocycles. The lowest BCUT2D eigenvalue weighted by atomic mass is 10.1. The van der Waals surface area contributed by atoms with E-state index in [0.717, 1.165) is 10.2 Å². The third-order valence-electron chi connectivity index (χ3n) is 6.16. The Hall–Kier alpha value is -3.77. The van der Waals surface area contributed by atoms with Crippen LogP contribution in [0, 0.1) is 6.92 Å². The molecule has 5 rings (SSSR count). The second kappa shape index (κ2) is 12.2. The number of nitrogens with zero attached hydrogens (tertiary/aromatic N) is 2. The van der Waals surface area contributed by atoms with Gasteiger partial charge in [-0.05, 0) is 77.0 Å². The van der Waals surface area contributed by atoms with Gasteiger partial charge >= 0.3 is 0 Å². The van der Waals surface area contributed by atoms with Crippen LogP contribution < -0.4 is 15.7 Å². The van der Waals surface area contributed by atoms with Crippen molar-refractivity contribution in [1.29, 1.82) is 0 Å². The van der Waals surface area contributed by atoms with Gasteiger partial charge in [-0.1, -0.05) is 81.6 Å². The van der Waals surface area contributed by atoms with Crippen molar-refractivity contribution >= 4 is 82.1 Å². The minimum absolute atomic E-state index is 0.0253. The van der Waals surface area contributed by atoms with E-state index in [1.54, 1.807) is 72.8 Å². The van der Waals surface area contributed by atoms with Gasteiger partial charge in [0.2, 0.25) is 0 Å². The van der Waals surface area contributed by atoms with Crippen molar-refractivity contribution in [2.45, 2.75) is 11.8 Å². The zero-order valence-corrected chi connectivity index (χ0v) is 26.6. The highest BCUT2D eigenvalue weighted by Crippen LogP contribution is 2.28. The molecule has 0 aliphatic heterocycles. The van der Waals surface area contributed by atoms with Gasteiger partial charge in [-0.3, -0.25) is 9.59 Å². The lowest BCUT2D eigenvalue weighted by molar-refractivity contribution is 0.0973. The van der Waals surface area contributed by atoms with Crippen LogP contribution in [0.4, 0.5) is 0 Å². The van der Waals surface area contributed by atoms with E-state index in [1.165, 1.54) is 24.3 Å². The van der Waals surface area contributed by atoms with Crippen LogP contribution in [-0.2, 0) is 10.0 Å². The standard InChI is InChI=1S/C30H21Br2ClN4O4S/c1-18-11-13-22(14-12-18)42(40,41)36-37-28(35-27-23(30(37)39)16-21(31)17-24(27)32)26(15-20-9-5-6-10-25(20)33)34-29(38)19-7-3-2-4-8-19/h2-17,36H,1H3,(H,34,38)/b26-15-. The van der Waals surface area contributed by atoms with Gasteiger partial charge in [-0.25, -0.2) is 9.82 Å².